The molecule has 0 saturated carbocycles. The van der Waals surface area contributed by atoms with Crippen LogP contribution in [0, 0.1) is 6.92 Å². The second-order valence-electron chi connectivity index (χ2n) is 4.97. The molecule has 1 atom stereocenters. The number of amides is 1. The molecule has 114 valence electrons. The summed E-state index contributed by atoms with van der Waals surface area (Å²) in [7, 11) is 0. The van der Waals surface area contributed by atoms with E-state index < -0.39 is 0 Å². The summed E-state index contributed by atoms with van der Waals surface area (Å²) in [5.74, 6) is 0.473. The highest BCUT2D eigenvalue weighted by molar-refractivity contribution is 5.85. The number of halogens is 1. The fraction of sp³-hybridized carbons (Fsp3) is 0.333. The van der Waals surface area contributed by atoms with Crippen LogP contribution >= 0.6 is 12.4 Å². The minimum Gasteiger partial charge on any atom is -0.444 e. The molecule has 1 unspecified atom stereocenters. The van der Waals surface area contributed by atoms with Crippen LogP contribution in [0.5, 0.6) is 0 Å². The third kappa shape index (κ3) is 5.21. The topological polar surface area (TPSA) is 81.2 Å². The van der Waals surface area contributed by atoms with Gasteiger partial charge in [-0.15, -0.1) is 12.4 Å². The fourth-order valence-electron chi connectivity index (χ4n) is 1.77. The van der Waals surface area contributed by atoms with E-state index in [1.165, 1.54) is 5.56 Å². The van der Waals surface area contributed by atoms with Gasteiger partial charge in [0.25, 0.3) is 0 Å². The molecule has 2 rings (SSSR count). The van der Waals surface area contributed by atoms with E-state index >= 15 is 0 Å². The zero-order chi connectivity index (χ0) is 14.5. The van der Waals surface area contributed by atoms with Crippen molar-refractivity contribution in [3.8, 4) is 11.5 Å². The molecule has 0 bridgehead atoms. The van der Waals surface area contributed by atoms with E-state index in [0.717, 1.165) is 5.56 Å². The zero-order valence-electron chi connectivity index (χ0n) is 12.1. The number of aryl methyl sites for hydroxylation is 1. The van der Waals surface area contributed by atoms with Crippen molar-refractivity contribution in [2.45, 2.75) is 32.9 Å². The summed E-state index contributed by atoms with van der Waals surface area (Å²) in [5, 5.41) is 2.76. The first-order chi connectivity index (χ1) is 9.54. The van der Waals surface area contributed by atoms with Gasteiger partial charge < -0.3 is 15.5 Å². The molecule has 0 spiro atoms. The summed E-state index contributed by atoms with van der Waals surface area (Å²) in [6.07, 6.45) is 1.87. The molecule has 1 aromatic carbocycles. The summed E-state index contributed by atoms with van der Waals surface area (Å²) >= 11 is 0. The largest absolute Gasteiger partial charge is 0.444 e. The molecule has 0 saturated heterocycles. The van der Waals surface area contributed by atoms with Gasteiger partial charge in [-0.2, -0.15) is 0 Å². The maximum absolute atomic E-state index is 11.5. The van der Waals surface area contributed by atoms with Crippen LogP contribution in [0.4, 0.5) is 0 Å². The fourth-order valence-corrected chi connectivity index (χ4v) is 1.77. The molecule has 5 nitrogen and oxygen atoms in total. The number of nitrogens with zero attached hydrogens (tertiary/aromatic N) is 1. The minimum absolute atomic E-state index is 0. The number of nitrogens with two attached hydrogens (primary N) is 1. The molecule has 1 heterocycles. The third-order valence-corrected chi connectivity index (χ3v) is 2.82. The van der Waals surface area contributed by atoms with Crippen molar-refractivity contribution in [1.29, 1.82) is 0 Å². The Kier molecular flexibility index (Phi) is 6.39. The van der Waals surface area contributed by atoms with Crippen LogP contribution in [0.1, 0.15) is 24.6 Å². The number of aromatic nitrogens is 1. The van der Waals surface area contributed by atoms with Gasteiger partial charge in [-0.25, -0.2) is 4.98 Å². The van der Waals surface area contributed by atoms with Crippen molar-refractivity contribution in [1.82, 2.24) is 10.3 Å². The lowest BCUT2D eigenvalue weighted by Crippen LogP contribution is -2.29. The van der Waals surface area contributed by atoms with Gasteiger partial charge in [-0.05, 0) is 26.0 Å². The van der Waals surface area contributed by atoms with E-state index in [1.807, 2.05) is 31.2 Å². The summed E-state index contributed by atoms with van der Waals surface area (Å²) in [6.45, 7) is 4.17. The van der Waals surface area contributed by atoms with Crippen molar-refractivity contribution in [2.24, 2.45) is 5.73 Å². The molecule has 21 heavy (non-hydrogen) atoms. The number of oxazole rings is 1. The standard InChI is InChI=1S/C15H19N3O2.ClH/c1-10-3-5-12(6-4-10)15-18-13(9-20-15)8-17-14(19)7-11(2)16;/h3-6,9,11H,7-8,16H2,1-2H3,(H,17,19);1H. The Morgan fingerprint density at radius 3 is 2.67 bits per heavy atom. The van der Waals surface area contributed by atoms with Crippen LogP contribution in [-0.2, 0) is 11.3 Å². The number of carbonyl (C=O) groups excluding carboxylic acids is 1. The second kappa shape index (κ2) is 7.81. The van der Waals surface area contributed by atoms with E-state index in [1.54, 1.807) is 13.2 Å². The average Bonchev–Trinajstić information content (AvgIpc) is 2.85. The number of carbonyl (C=O) groups is 1. The molecular weight excluding hydrogens is 290 g/mol. The van der Waals surface area contributed by atoms with Gasteiger partial charge in [0, 0.05) is 18.0 Å². The molecule has 1 amide bonds. The van der Waals surface area contributed by atoms with Gasteiger partial charge in [0.1, 0.15) is 6.26 Å². The highest BCUT2D eigenvalue weighted by atomic mass is 35.5. The van der Waals surface area contributed by atoms with E-state index in [-0.39, 0.29) is 24.4 Å². The first kappa shape index (κ1) is 17.2. The van der Waals surface area contributed by atoms with Gasteiger partial charge >= 0.3 is 0 Å². The Bertz CT molecular complexity index is 579. The first-order valence-electron chi connectivity index (χ1n) is 6.58. The molecule has 2 aromatic rings. The van der Waals surface area contributed by atoms with E-state index in [0.29, 0.717) is 24.6 Å². The molecule has 0 aliphatic heterocycles. The summed E-state index contributed by atoms with van der Waals surface area (Å²) < 4.78 is 5.42. The Morgan fingerprint density at radius 1 is 1.38 bits per heavy atom. The molecule has 6 heteroatoms. The Hall–Kier alpha value is -1.85. The molecule has 1 aromatic heterocycles. The van der Waals surface area contributed by atoms with Crippen LogP contribution in [0.2, 0.25) is 0 Å². The predicted molar refractivity (Wildman–Crippen MR) is 84.0 cm³/mol. The van der Waals surface area contributed by atoms with Crippen molar-refractivity contribution >= 4 is 18.3 Å². The van der Waals surface area contributed by atoms with E-state index in [4.69, 9.17) is 10.2 Å². The Labute approximate surface area is 130 Å². The smallest absolute Gasteiger partial charge is 0.226 e. The monoisotopic (exact) mass is 309 g/mol. The van der Waals surface area contributed by atoms with Crippen LogP contribution in [0.15, 0.2) is 34.9 Å². The van der Waals surface area contributed by atoms with E-state index in [9.17, 15) is 4.79 Å². The SMILES string of the molecule is Cc1ccc(-c2nc(CNC(=O)CC(C)N)co2)cc1.Cl. The highest BCUT2D eigenvalue weighted by Gasteiger charge is 2.09. The number of hydrogen-bond acceptors (Lipinski definition) is 4. The van der Waals surface area contributed by atoms with Crippen LogP contribution in [-0.4, -0.2) is 16.9 Å². The van der Waals surface area contributed by atoms with Gasteiger partial charge in [-0.1, -0.05) is 17.7 Å². The quantitative estimate of drug-likeness (QED) is 0.888. The van der Waals surface area contributed by atoms with Crippen LogP contribution in [0.25, 0.3) is 11.5 Å². The van der Waals surface area contributed by atoms with Crippen molar-refractivity contribution in [3.05, 3.63) is 41.8 Å². The molecule has 0 aliphatic carbocycles. The summed E-state index contributed by atoms with van der Waals surface area (Å²) in [6, 6.07) is 7.78. The molecule has 0 radical (unpaired) electrons. The van der Waals surface area contributed by atoms with Crippen molar-refractivity contribution in [3.63, 3.8) is 0 Å². The third-order valence-electron chi connectivity index (χ3n) is 2.82. The lowest BCUT2D eigenvalue weighted by atomic mass is 10.1. The Morgan fingerprint density at radius 2 is 2.05 bits per heavy atom. The minimum atomic E-state index is -0.143. The number of nitrogens with one attached hydrogen (secondary N) is 1. The summed E-state index contributed by atoms with van der Waals surface area (Å²) in [5.41, 5.74) is 8.36. The molecule has 0 aliphatic rings. The van der Waals surface area contributed by atoms with Gasteiger partial charge in [0.2, 0.25) is 11.8 Å². The zero-order valence-corrected chi connectivity index (χ0v) is 12.9. The number of benzene rings is 1. The summed E-state index contributed by atoms with van der Waals surface area (Å²) in [4.78, 5) is 15.8. The van der Waals surface area contributed by atoms with Crippen molar-refractivity contribution < 1.29 is 9.21 Å². The van der Waals surface area contributed by atoms with Gasteiger partial charge in [-0.3, -0.25) is 4.79 Å². The van der Waals surface area contributed by atoms with Gasteiger partial charge in [0.15, 0.2) is 0 Å². The number of hydrogen-bond donors (Lipinski definition) is 2. The van der Waals surface area contributed by atoms with Gasteiger partial charge in [0.05, 0.1) is 12.2 Å². The lowest BCUT2D eigenvalue weighted by Gasteiger charge is -2.04. The normalized spacial score (nSPS) is 11.6. The lowest BCUT2D eigenvalue weighted by molar-refractivity contribution is -0.121. The maximum Gasteiger partial charge on any atom is 0.226 e. The van der Waals surface area contributed by atoms with Crippen LogP contribution < -0.4 is 11.1 Å². The van der Waals surface area contributed by atoms with Crippen LogP contribution in [0.3, 0.4) is 0 Å². The average molecular weight is 310 g/mol. The molecular formula is C15H20ClN3O2. The maximum atomic E-state index is 11.5. The molecule has 3 N–H and O–H groups in total. The van der Waals surface area contributed by atoms with Crippen molar-refractivity contribution in [2.75, 3.05) is 0 Å². The highest BCUT2D eigenvalue weighted by Crippen LogP contribution is 2.18. The second-order valence-corrected chi connectivity index (χ2v) is 4.97. The number of rotatable bonds is 5. The predicted octanol–water partition coefficient (Wildman–Crippen LogP) is 2.43. The first-order valence-corrected chi connectivity index (χ1v) is 6.58. The Balaban J connectivity index is 0.00000220. The van der Waals surface area contributed by atoms with E-state index in [2.05, 4.69) is 10.3 Å². The molecule has 0 fully saturated rings.